The van der Waals surface area contributed by atoms with Crippen LogP contribution in [0.3, 0.4) is 0 Å². The van der Waals surface area contributed by atoms with Gasteiger partial charge in [-0.15, -0.1) is 11.8 Å². The van der Waals surface area contributed by atoms with Crippen LogP contribution < -0.4 is 5.73 Å². The molecule has 17 heavy (non-hydrogen) atoms. The van der Waals surface area contributed by atoms with Gasteiger partial charge in [0.2, 0.25) is 5.89 Å². The fourth-order valence-corrected chi connectivity index (χ4v) is 4.09. The molecule has 2 atom stereocenters. The van der Waals surface area contributed by atoms with Gasteiger partial charge in [0.25, 0.3) is 0 Å². The number of hydrogen-bond donors (Lipinski definition) is 2. The highest BCUT2D eigenvalue weighted by atomic mass is 32.2. The average Bonchev–Trinajstić information content (AvgIpc) is 2.78. The van der Waals surface area contributed by atoms with Crippen LogP contribution >= 0.6 is 23.5 Å². The number of aromatic nitrogens is 2. The van der Waals surface area contributed by atoms with Crippen LogP contribution in [0.25, 0.3) is 0 Å². The Balaban J connectivity index is 2.00. The first kappa shape index (κ1) is 13.2. The molecule has 1 aliphatic heterocycles. The molecule has 1 aromatic heterocycles. The van der Waals surface area contributed by atoms with Gasteiger partial charge in [-0.25, -0.2) is 0 Å². The van der Waals surface area contributed by atoms with Gasteiger partial charge in [-0.05, 0) is 6.92 Å². The van der Waals surface area contributed by atoms with Gasteiger partial charge in [-0.2, -0.15) is 16.7 Å². The maximum Gasteiger partial charge on any atom is 0.229 e. The van der Waals surface area contributed by atoms with Crippen molar-refractivity contribution in [2.45, 2.75) is 24.2 Å². The lowest BCUT2D eigenvalue weighted by atomic mass is 10.0. The van der Waals surface area contributed by atoms with E-state index in [1.165, 1.54) is 5.75 Å². The molecular weight excluding hydrogens is 258 g/mol. The van der Waals surface area contributed by atoms with E-state index in [9.17, 15) is 5.11 Å². The molecule has 0 amide bonds. The van der Waals surface area contributed by atoms with E-state index in [1.54, 1.807) is 6.92 Å². The zero-order chi connectivity index (χ0) is 12.3. The monoisotopic (exact) mass is 275 g/mol. The summed E-state index contributed by atoms with van der Waals surface area (Å²) < 4.78 is 5.16. The summed E-state index contributed by atoms with van der Waals surface area (Å²) >= 11 is 3.77. The summed E-state index contributed by atoms with van der Waals surface area (Å²) in [4.78, 5) is 4.34. The van der Waals surface area contributed by atoms with E-state index in [4.69, 9.17) is 10.3 Å². The molecule has 1 aromatic rings. The zero-order valence-electron chi connectivity index (χ0n) is 9.76. The molecule has 0 aliphatic carbocycles. The number of nitrogens with two attached hydrogens (primary N) is 1. The minimum absolute atomic E-state index is 0.179. The highest BCUT2D eigenvalue weighted by molar-refractivity contribution is 8.06. The topological polar surface area (TPSA) is 85.2 Å². The standard InChI is InChI=1S/C10H17N3O2S2/c1-10(14,6-11)4-8-12-9(13-15-8)7-5-16-2-3-17-7/h7,14H,2-6,11H2,1H3. The van der Waals surface area contributed by atoms with Crippen molar-refractivity contribution in [1.29, 1.82) is 0 Å². The van der Waals surface area contributed by atoms with Crippen LogP contribution in [0.1, 0.15) is 23.9 Å². The fourth-order valence-electron chi connectivity index (χ4n) is 1.51. The molecule has 3 N–H and O–H groups in total. The lowest BCUT2D eigenvalue weighted by Crippen LogP contribution is -2.36. The smallest absolute Gasteiger partial charge is 0.229 e. The molecule has 1 fully saturated rings. The molecule has 0 radical (unpaired) electrons. The Morgan fingerprint density at radius 3 is 3.06 bits per heavy atom. The van der Waals surface area contributed by atoms with Gasteiger partial charge in [0.15, 0.2) is 5.82 Å². The highest BCUT2D eigenvalue weighted by Gasteiger charge is 2.26. The van der Waals surface area contributed by atoms with E-state index in [2.05, 4.69) is 10.1 Å². The van der Waals surface area contributed by atoms with Crippen LogP contribution in [0.15, 0.2) is 4.52 Å². The lowest BCUT2D eigenvalue weighted by Gasteiger charge is -2.18. The molecule has 1 saturated heterocycles. The first-order chi connectivity index (χ1) is 8.11. The Hall–Kier alpha value is -0.240. The van der Waals surface area contributed by atoms with Gasteiger partial charge in [-0.1, -0.05) is 5.16 Å². The minimum atomic E-state index is -0.974. The second kappa shape index (κ2) is 5.60. The molecule has 96 valence electrons. The van der Waals surface area contributed by atoms with Gasteiger partial charge in [-0.3, -0.25) is 0 Å². The fraction of sp³-hybridized carbons (Fsp3) is 0.800. The Labute approximate surface area is 109 Å². The van der Waals surface area contributed by atoms with Crippen molar-refractivity contribution in [2.24, 2.45) is 5.73 Å². The van der Waals surface area contributed by atoms with Crippen molar-refractivity contribution in [1.82, 2.24) is 10.1 Å². The number of nitrogens with zero attached hydrogens (tertiary/aromatic N) is 2. The Kier molecular flexibility index (Phi) is 4.35. The SMILES string of the molecule is CC(O)(CN)Cc1nc(C2CSCCS2)no1. The molecule has 1 aliphatic rings. The predicted molar refractivity (Wildman–Crippen MR) is 70.2 cm³/mol. The molecular formula is C10H17N3O2S2. The van der Waals surface area contributed by atoms with E-state index in [1.807, 2.05) is 23.5 Å². The summed E-state index contributed by atoms with van der Waals surface area (Å²) in [5.74, 6) is 4.54. The molecule has 0 spiro atoms. The minimum Gasteiger partial charge on any atom is -0.388 e. The third-order valence-electron chi connectivity index (χ3n) is 2.56. The van der Waals surface area contributed by atoms with Crippen LogP contribution in [0.4, 0.5) is 0 Å². The van der Waals surface area contributed by atoms with E-state index >= 15 is 0 Å². The summed E-state index contributed by atoms with van der Waals surface area (Å²) in [6.07, 6.45) is 0.307. The van der Waals surface area contributed by atoms with Gasteiger partial charge in [0.05, 0.1) is 17.3 Å². The molecule has 2 heterocycles. The van der Waals surface area contributed by atoms with Crippen molar-refractivity contribution < 1.29 is 9.63 Å². The second-order valence-electron chi connectivity index (χ2n) is 4.36. The Morgan fingerprint density at radius 1 is 1.59 bits per heavy atom. The maximum absolute atomic E-state index is 9.83. The maximum atomic E-state index is 9.83. The normalized spacial score (nSPS) is 24.5. The predicted octanol–water partition coefficient (Wildman–Crippen LogP) is 0.843. The van der Waals surface area contributed by atoms with Crippen LogP contribution in [0.5, 0.6) is 0 Å². The van der Waals surface area contributed by atoms with Crippen molar-refractivity contribution >= 4 is 23.5 Å². The molecule has 0 bridgehead atoms. The van der Waals surface area contributed by atoms with E-state index in [0.29, 0.717) is 17.6 Å². The summed E-state index contributed by atoms with van der Waals surface area (Å²) in [7, 11) is 0. The molecule has 0 saturated carbocycles. The quantitative estimate of drug-likeness (QED) is 0.842. The van der Waals surface area contributed by atoms with Crippen molar-refractivity contribution in [3.8, 4) is 0 Å². The second-order valence-corrected chi connectivity index (χ2v) is 6.82. The largest absolute Gasteiger partial charge is 0.388 e. The van der Waals surface area contributed by atoms with Crippen LogP contribution in [-0.4, -0.2) is 44.7 Å². The molecule has 5 nitrogen and oxygen atoms in total. The molecule has 7 heteroatoms. The zero-order valence-corrected chi connectivity index (χ0v) is 11.4. The van der Waals surface area contributed by atoms with E-state index in [-0.39, 0.29) is 6.54 Å². The van der Waals surface area contributed by atoms with E-state index < -0.39 is 5.60 Å². The van der Waals surface area contributed by atoms with Crippen LogP contribution in [-0.2, 0) is 6.42 Å². The Bertz CT molecular complexity index is 364. The summed E-state index contributed by atoms with van der Waals surface area (Å²) in [5, 5.41) is 14.1. The van der Waals surface area contributed by atoms with Crippen LogP contribution in [0, 0.1) is 0 Å². The van der Waals surface area contributed by atoms with Gasteiger partial charge in [0.1, 0.15) is 0 Å². The summed E-state index contributed by atoms with van der Waals surface area (Å²) in [6, 6.07) is 0. The van der Waals surface area contributed by atoms with Crippen molar-refractivity contribution in [3.05, 3.63) is 11.7 Å². The Morgan fingerprint density at radius 2 is 2.41 bits per heavy atom. The first-order valence-electron chi connectivity index (χ1n) is 5.55. The summed E-state index contributed by atoms with van der Waals surface area (Å²) in [6.45, 7) is 1.85. The number of aliphatic hydroxyl groups is 1. The average molecular weight is 275 g/mol. The first-order valence-corrected chi connectivity index (χ1v) is 7.75. The number of hydrogen-bond acceptors (Lipinski definition) is 7. The van der Waals surface area contributed by atoms with E-state index in [0.717, 1.165) is 17.3 Å². The lowest BCUT2D eigenvalue weighted by molar-refractivity contribution is 0.0610. The van der Waals surface area contributed by atoms with Crippen molar-refractivity contribution in [3.63, 3.8) is 0 Å². The molecule has 2 unspecified atom stereocenters. The molecule has 0 aromatic carbocycles. The van der Waals surface area contributed by atoms with Gasteiger partial charge < -0.3 is 15.4 Å². The number of thioether (sulfide) groups is 2. The summed E-state index contributed by atoms with van der Waals surface area (Å²) in [5.41, 5.74) is 4.48. The highest BCUT2D eigenvalue weighted by Crippen LogP contribution is 2.35. The third-order valence-corrected chi connectivity index (χ3v) is 5.31. The number of rotatable bonds is 4. The molecule has 2 rings (SSSR count). The van der Waals surface area contributed by atoms with Gasteiger partial charge >= 0.3 is 0 Å². The van der Waals surface area contributed by atoms with Crippen molar-refractivity contribution in [2.75, 3.05) is 23.8 Å². The van der Waals surface area contributed by atoms with Crippen LogP contribution in [0.2, 0.25) is 0 Å². The van der Waals surface area contributed by atoms with Gasteiger partial charge in [0, 0.05) is 23.8 Å². The third kappa shape index (κ3) is 3.61.